The Kier molecular flexibility index (Phi) is 10.4. The van der Waals surface area contributed by atoms with Gasteiger partial charge in [0.2, 0.25) is 0 Å². The van der Waals surface area contributed by atoms with Crippen LogP contribution in [0.1, 0.15) is 114 Å². The van der Waals surface area contributed by atoms with Gasteiger partial charge in [0, 0.05) is 0 Å². The van der Waals surface area contributed by atoms with E-state index in [4.69, 9.17) is 0 Å². The molecule has 147 valence electrons. The number of rotatable bonds is 12. The van der Waals surface area contributed by atoms with E-state index in [1.807, 2.05) is 0 Å². The Hall–Kier alpha value is -0.820. The monoisotopic (exact) mass is 357 g/mol. The molecule has 1 unspecified atom stereocenters. The number of hydrogen-bond acceptors (Lipinski definition) is 0. The molecule has 26 heavy (non-hydrogen) atoms. The van der Waals surface area contributed by atoms with Gasteiger partial charge < -0.3 is 0 Å². The van der Waals surface area contributed by atoms with Crippen LogP contribution in [0.25, 0.3) is 0 Å². The third-order valence-electron chi connectivity index (χ3n) is 6.37. The van der Waals surface area contributed by atoms with Crippen molar-refractivity contribution in [1.82, 2.24) is 0 Å². The molecule has 0 spiro atoms. The first kappa shape index (κ1) is 21.5. The number of benzene rings is 1. The first-order valence-electron chi connectivity index (χ1n) is 11.5. The zero-order valence-corrected chi connectivity index (χ0v) is 17.3. The molecule has 0 aromatic heterocycles. The van der Waals surface area contributed by atoms with Crippen LogP contribution in [-0.4, -0.2) is 6.10 Å². The van der Waals surface area contributed by atoms with Crippen molar-refractivity contribution in [3.05, 3.63) is 35.4 Å². The van der Waals surface area contributed by atoms with Gasteiger partial charge in [0.1, 0.15) is 0 Å². The maximum atomic E-state index is 11.7. The zero-order chi connectivity index (χ0) is 18.6. The van der Waals surface area contributed by atoms with E-state index >= 15 is 0 Å². The molecule has 1 radical (unpaired) electrons. The van der Waals surface area contributed by atoms with Crippen LogP contribution in [0.2, 0.25) is 0 Å². The topological polar surface area (TPSA) is 19.9 Å². The van der Waals surface area contributed by atoms with Crippen molar-refractivity contribution in [2.75, 3.05) is 0 Å². The minimum Gasteiger partial charge on any atom is -0.233 e. The van der Waals surface area contributed by atoms with Gasteiger partial charge in [-0.05, 0) is 74.3 Å². The molecule has 0 heterocycles. The number of aryl methyl sites for hydroxylation is 1. The van der Waals surface area contributed by atoms with Gasteiger partial charge in [-0.25, -0.2) is 5.11 Å². The fraction of sp³-hybridized carbons (Fsp3) is 0.760. The smallest absolute Gasteiger partial charge is 0.0930 e. The van der Waals surface area contributed by atoms with Gasteiger partial charge in [0.15, 0.2) is 0 Å². The molecule has 0 amide bonds. The third-order valence-corrected chi connectivity index (χ3v) is 6.37. The Morgan fingerprint density at radius 3 is 2.23 bits per heavy atom. The molecule has 1 aromatic carbocycles. The molecule has 1 nitrogen and oxygen atoms in total. The molecule has 1 atom stereocenters. The highest BCUT2D eigenvalue weighted by Crippen LogP contribution is 2.37. The van der Waals surface area contributed by atoms with E-state index < -0.39 is 0 Å². The summed E-state index contributed by atoms with van der Waals surface area (Å²) in [6.45, 7) is 4.40. The Bertz CT molecular complexity index is 456. The lowest BCUT2D eigenvalue weighted by molar-refractivity contribution is 0.0708. The molecule has 1 aliphatic rings. The van der Waals surface area contributed by atoms with Gasteiger partial charge in [-0.1, -0.05) is 76.6 Å². The lowest BCUT2D eigenvalue weighted by atomic mass is 9.77. The minimum absolute atomic E-state index is 0.334. The van der Waals surface area contributed by atoms with Crippen molar-refractivity contribution in [3.63, 3.8) is 0 Å². The molecule has 1 heteroatoms. The Balaban J connectivity index is 1.66. The maximum Gasteiger partial charge on any atom is 0.0930 e. The van der Waals surface area contributed by atoms with E-state index in [0.29, 0.717) is 0 Å². The molecule has 0 saturated heterocycles. The average Bonchev–Trinajstić information content (AvgIpc) is 2.67. The third kappa shape index (κ3) is 7.82. The van der Waals surface area contributed by atoms with E-state index in [1.165, 1.54) is 56.9 Å². The molecule has 0 N–H and O–H groups in total. The molecule has 1 saturated carbocycles. The fourth-order valence-corrected chi connectivity index (χ4v) is 4.59. The summed E-state index contributed by atoms with van der Waals surface area (Å²) in [7, 11) is 0. The van der Waals surface area contributed by atoms with Crippen molar-refractivity contribution in [1.29, 1.82) is 0 Å². The second-order valence-corrected chi connectivity index (χ2v) is 8.61. The fourth-order valence-electron chi connectivity index (χ4n) is 4.59. The maximum absolute atomic E-state index is 11.7. The van der Waals surface area contributed by atoms with E-state index in [-0.39, 0.29) is 6.10 Å². The van der Waals surface area contributed by atoms with Crippen LogP contribution in [0.5, 0.6) is 0 Å². The lowest BCUT2D eigenvalue weighted by Gasteiger charge is -2.29. The minimum atomic E-state index is -0.334. The van der Waals surface area contributed by atoms with Crippen LogP contribution in [0.4, 0.5) is 0 Å². The van der Waals surface area contributed by atoms with E-state index in [0.717, 1.165) is 50.4 Å². The zero-order valence-electron chi connectivity index (χ0n) is 17.3. The van der Waals surface area contributed by atoms with Gasteiger partial charge in [0.25, 0.3) is 0 Å². The number of unbranched alkanes of at least 4 members (excludes halogenated alkanes) is 3. The van der Waals surface area contributed by atoms with E-state index in [2.05, 4.69) is 38.1 Å². The van der Waals surface area contributed by atoms with Gasteiger partial charge in [-0.2, -0.15) is 0 Å². The highest BCUT2D eigenvalue weighted by Gasteiger charge is 2.21. The van der Waals surface area contributed by atoms with Crippen LogP contribution in [0.3, 0.4) is 0 Å². The molecule has 1 aliphatic carbocycles. The summed E-state index contributed by atoms with van der Waals surface area (Å²) in [6.07, 6.45) is 17.1. The molecular weight excluding hydrogens is 316 g/mol. The highest BCUT2D eigenvalue weighted by atomic mass is 16.3. The molecule has 1 aromatic rings. The Morgan fingerprint density at radius 2 is 1.58 bits per heavy atom. The summed E-state index contributed by atoms with van der Waals surface area (Å²) in [5.74, 6) is 1.79. The summed E-state index contributed by atoms with van der Waals surface area (Å²) in [5.41, 5.74) is 3.00. The summed E-state index contributed by atoms with van der Waals surface area (Å²) >= 11 is 0. The van der Waals surface area contributed by atoms with Crippen molar-refractivity contribution in [2.45, 2.75) is 116 Å². The number of hydrogen-bond donors (Lipinski definition) is 0. The van der Waals surface area contributed by atoms with E-state index in [9.17, 15) is 5.11 Å². The molecule has 2 rings (SSSR count). The second kappa shape index (κ2) is 12.5. The standard InChI is InChI=1S/C25H41O/c1-3-5-6-10-21-13-17-23(18-14-21)24-19-15-22(16-20-24)11-7-8-12-25(26)9-4-2/h15-16,19-21,23,25H,3-14,17-18H2,1-2H3/t21-,23-,25?. The van der Waals surface area contributed by atoms with Gasteiger partial charge >= 0.3 is 0 Å². The van der Waals surface area contributed by atoms with Crippen LogP contribution in [-0.2, 0) is 11.5 Å². The lowest BCUT2D eigenvalue weighted by Crippen LogP contribution is -2.13. The Labute approximate surface area is 162 Å². The quantitative estimate of drug-likeness (QED) is 0.339. The molecule has 1 fully saturated rings. The van der Waals surface area contributed by atoms with Crippen molar-refractivity contribution < 1.29 is 5.11 Å². The Morgan fingerprint density at radius 1 is 0.846 bits per heavy atom. The first-order valence-corrected chi connectivity index (χ1v) is 11.5. The van der Waals surface area contributed by atoms with Crippen LogP contribution >= 0.6 is 0 Å². The highest BCUT2D eigenvalue weighted by molar-refractivity contribution is 5.26. The summed E-state index contributed by atoms with van der Waals surface area (Å²) in [5, 5.41) is 11.7. The van der Waals surface area contributed by atoms with Crippen LogP contribution < -0.4 is 0 Å². The van der Waals surface area contributed by atoms with Crippen molar-refractivity contribution >= 4 is 0 Å². The predicted octanol–water partition coefficient (Wildman–Crippen LogP) is 7.85. The summed E-state index contributed by atoms with van der Waals surface area (Å²) < 4.78 is 0. The molecule has 0 aliphatic heterocycles. The van der Waals surface area contributed by atoms with Crippen molar-refractivity contribution in [2.24, 2.45) is 5.92 Å². The van der Waals surface area contributed by atoms with Gasteiger partial charge in [-0.3, -0.25) is 0 Å². The summed E-state index contributed by atoms with van der Waals surface area (Å²) in [6, 6.07) is 9.43. The normalized spacial score (nSPS) is 21.7. The largest absolute Gasteiger partial charge is 0.233 e. The van der Waals surface area contributed by atoms with Crippen LogP contribution in [0.15, 0.2) is 24.3 Å². The second-order valence-electron chi connectivity index (χ2n) is 8.61. The van der Waals surface area contributed by atoms with E-state index in [1.54, 1.807) is 5.56 Å². The molecular formula is C25H41O. The first-order chi connectivity index (χ1) is 12.7. The van der Waals surface area contributed by atoms with Crippen LogP contribution in [0, 0.1) is 5.92 Å². The van der Waals surface area contributed by atoms with Gasteiger partial charge in [0.05, 0.1) is 6.10 Å². The predicted molar refractivity (Wildman–Crippen MR) is 112 cm³/mol. The molecule has 0 bridgehead atoms. The average molecular weight is 358 g/mol. The van der Waals surface area contributed by atoms with Gasteiger partial charge in [-0.15, -0.1) is 0 Å². The SMILES string of the molecule is CCCCC[C@H]1CC[C@H](c2ccc(CCCCC([O])CCC)cc2)CC1. The summed E-state index contributed by atoms with van der Waals surface area (Å²) in [4.78, 5) is 0. The van der Waals surface area contributed by atoms with Crippen molar-refractivity contribution in [3.8, 4) is 0 Å².